The molecule has 0 aromatic heterocycles. The minimum absolute atomic E-state index is 1.18. The molecule has 0 saturated carbocycles. The van der Waals surface area contributed by atoms with Gasteiger partial charge in [-0.25, -0.2) is 0 Å². The summed E-state index contributed by atoms with van der Waals surface area (Å²) in [5.74, 6) is 0. The summed E-state index contributed by atoms with van der Waals surface area (Å²) in [5.41, 5.74) is 7.21. The predicted octanol–water partition coefficient (Wildman–Crippen LogP) is 8.39. The summed E-state index contributed by atoms with van der Waals surface area (Å²) in [7, 11) is -2.96. The van der Waals surface area contributed by atoms with E-state index in [1.807, 2.05) is 0 Å². The van der Waals surface area contributed by atoms with E-state index in [0.29, 0.717) is 0 Å². The molecule has 1 heterocycles. The molecule has 1 aliphatic rings. The fourth-order valence-electron chi connectivity index (χ4n) is 5.36. The van der Waals surface area contributed by atoms with Crippen molar-refractivity contribution < 1.29 is 0 Å². The van der Waals surface area contributed by atoms with E-state index in [1.54, 1.807) is 0 Å². The molecular formula is C34H25ClSi. The lowest BCUT2D eigenvalue weighted by Gasteiger charge is -2.28. The van der Waals surface area contributed by atoms with Crippen LogP contribution in [0.15, 0.2) is 152 Å². The second-order valence-electron chi connectivity index (χ2n) is 8.99. The highest BCUT2D eigenvalue weighted by Gasteiger charge is 2.51. The van der Waals surface area contributed by atoms with Crippen molar-refractivity contribution >= 4 is 45.2 Å². The Morgan fingerprint density at radius 2 is 0.611 bits per heavy atom. The van der Waals surface area contributed by atoms with Crippen molar-refractivity contribution in [2.75, 3.05) is 0 Å². The van der Waals surface area contributed by atoms with E-state index in [9.17, 15) is 0 Å². The van der Waals surface area contributed by atoms with Gasteiger partial charge in [0.05, 0.1) is 0 Å². The number of hydrogen-bond donors (Lipinski definition) is 0. The van der Waals surface area contributed by atoms with Gasteiger partial charge in [0, 0.05) is 0 Å². The average molecular weight is 497 g/mol. The van der Waals surface area contributed by atoms with Crippen molar-refractivity contribution in [3.05, 3.63) is 174 Å². The first-order chi connectivity index (χ1) is 17.8. The fourth-order valence-corrected chi connectivity index (χ4v) is 10.8. The average Bonchev–Trinajstić information content (AvgIpc) is 3.25. The van der Waals surface area contributed by atoms with Crippen LogP contribution >= 0.6 is 11.1 Å². The lowest BCUT2D eigenvalue weighted by atomic mass is 9.89. The highest BCUT2D eigenvalue weighted by atomic mass is 35.6. The number of halogens is 1. The van der Waals surface area contributed by atoms with E-state index >= 15 is 0 Å². The monoisotopic (exact) mass is 496 g/mol. The molecule has 0 unspecified atom stereocenters. The summed E-state index contributed by atoms with van der Waals surface area (Å²) in [6, 6.07) is 53.7. The maximum Gasteiger partial charge on any atom is 0.250 e. The first kappa shape index (κ1) is 22.5. The predicted molar refractivity (Wildman–Crippen MR) is 157 cm³/mol. The molecule has 0 radical (unpaired) electrons. The zero-order valence-electron chi connectivity index (χ0n) is 19.8. The Labute approximate surface area is 218 Å². The van der Waals surface area contributed by atoms with Gasteiger partial charge in [0.1, 0.15) is 0 Å². The molecule has 0 bridgehead atoms. The third-order valence-corrected chi connectivity index (χ3v) is 12.2. The van der Waals surface area contributed by atoms with Gasteiger partial charge in [0.25, 0.3) is 0 Å². The third kappa shape index (κ3) is 3.78. The molecule has 5 aromatic carbocycles. The molecule has 0 saturated heterocycles. The van der Waals surface area contributed by atoms with Crippen LogP contribution in [0.4, 0.5) is 0 Å². The molecule has 5 aromatic rings. The molecule has 0 fully saturated rings. The van der Waals surface area contributed by atoms with E-state index in [4.69, 9.17) is 11.1 Å². The van der Waals surface area contributed by atoms with Crippen LogP contribution in [0.25, 0.3) is 21.5 Å². The zero-order valence-corrected chi connectivity index (χ0v) is 21.6. The van der Waals surface area contributed by atoms with Crippen LogP contribution in [0.3, 0.4) is 0 Å². The molecule has 1 aliphatic heterocycles. The Balaban J connectivity index is 1.82. The second-order valence-corrected chi connectivity index (χ2v) is 13.6. The highest BCUT2D eigenvalue weighted by molar-refractivity contribution is 7.47. The van der Waals surface area contributed by atoms with E-state index in [-0.39, 0.29) is 0 Å². The van der Waals surface area contributed by atoms with Gasteiger partial charge in [-0.3, -0.25) is 0 Å². The van der Waals surface area contributed by atoms with Gasteiger partial charge in [-0.2, -0.15) is 0 Å². The first-order valence-corrected chi connectivity index (χ1v) is 15.3. The van der Waals surface area contributed by atoms with Crippen molar-refractivity contribution in [1.29, 1.82) is 0 Å². The van der Waals surface area contributed by atoms with Crippen LogP contribution in [-0.4, -0.2) is 7.38 Å². The van der Waals surface area contributed by atoms with Crippen LogP contribution in [0.2, 0.25) is 0 Å². The topological polar surface area (TPSA) is 0 Å². The molecule has 2 heteroatoms. The van der Waals surface area contributed by atoms with Gasteiger partial charge in [0.15, 0.2) is 0 Å². The normalized spacial score (nSPS) is 14.8. The minimum atomic E-state index is -2.96. The third-order valence-electron chi connectivity index (χ3n) is 6.86. The van der Waals surface area contributed by atoms with Crippen LogP contribution in [0.5, 0.6) is 0 Å². The van der Waals surface area contributed by atoms with E-state index in [1.165, 1.54) is 49.0 Å². The number of benzene rings is 5. The smallest absolute Gasteiger partial charge is 0.149 e. The van der Waals surface area contributed by atoms with Crippen molar-refractivity contribution in [3.8, 4) is 0 Å². The lowest BCUT2D eigenvalue weighted by molar-refractivity contribution is 1.58. The fraction of sp³-hybridized carbons (Fsp3) is 0. The second kappa shape index (κ2) is 9.62. The molecule has 0 atom stereocenters. The van der Waals surface area contributed by atoms with Crippen LogP contribution < -0.4 is 5.19 Å². The molecule has 0 aliphatic carbocycles. The Hall–Kier alpha value is -3.91. The van der Waals surface area contributed by atoms with Crippen LogP contribution in [0.1, 0.15) is 22.3 Å². The van der Waals surface area contributed by atoms with Gasteiger partial charge in [-0.15, -0.1) is 11.1 Å². The zero-order chi connectivity index (χ0) is 24.4. The number of rotatable bonds is 5. The largest absolute Gasteiger partial charge is 0.250 e. The molecule has 36 heavy (non-hydrogen) atoms. The summed E-state index contributed by atoms with van der Waals surface area (Å²) < 4.78 is 0. The van der Waals surface area contributed by atoms with Crippen molar-refractivity contribution in [2.24, 2.45) is 0 Å². The molecule has 0 N–H and O–H groups in total. The summed E-state index contributed by atoms with van der Waals surface area (Å²) >= 11 is 8.21. The standard InChI is InChI=1S/C34H25ClSi/c35-36(30-24-14-5-15-25-30)33(28-20-10-3-11-21-28)31(26-16-6-1-7-17-26)32(27-18-8-2-9-19-27)34(36)29-22-12-4-13-23-29/h1-25H. The number of allylic oxidation sites excluding steroid dienone is 2. The van der Waals surface area contributed by atoms with Crippen LogP contribution in [-0.2, 0) is 0 Å². The highest BCUT2D eigenvalue weighted by Crippen LogP contribution is 2.56. The maximum atomic E-state index is 8.21. The minimum Gasteiger partial charge on any atom is -0.149 e. The molecule has 0 spiro atoms. The molecule has 0 nitrogen and oxygen atoms in total. The summed E-state index contributed by atoms with van der Waals surface area (Å²) in [4.78, 5) is 0. The molecule has 6 rings (SSSR count). The maximum absolute atomic E-state index is 8.21. The summed E-state index contributed by atoms with van der Waals surface area (Å²) in [5, 5.41) is 3.70. The van der Waals surface area contributed by atoms with Crippen LogP contribution in [0, 0.1) is 0 Å². The van der Waals surface area contributed by atoms with E-state index < -0.39 is 7.38 Å². The summed E-state index contributed by atoms with van der Waals surface area (Å²) in [6.45, 7) is 0. The Morgan fingerprint density at radius 3 is 0.944 bits per heavy atom. The van der Waals surface area contributed by atoms with Gasteiger partial charge in [-0.05, 0) is 49.0 Å². The van der Waals surface area contributed by atoms with Gasteiger partial charge in [0.2, 0.25) is 7.38 Å². The molecular weight excluding hydrogens is 472 g/mol. The van der Waals surface area contributed by atoms with E-state index in [2.05, 4.69) is 152 Å². The molecule has 0 amide bonds. The number of hydrogen-bond acceptors (Lipinski definition) is 0. The Kier molecular flexibility index (Phi) is 6.02. The van der Waals surface area contributed by atoms with Gasteiger partial charge in [-0.1, -0.05) is 152 Å². The SMILES string of the molecule is Cl[Si]1(c2ccccc2)C(c2ccccc2)=C(c2ccccc2)C(c2ccccc2)=C1c1ccccc1. The summed E-state index contributed by atoms with van der Waals surface area (Å²) in [6.07, 6.45) is 0. The van der Waals surface area contributed by atoms with E-state index in [0.717, 1.165) is 0 Å². The van der Waals surface area contributed by atoms with Gasteiger partial charge >= 0.3 is 0 Å². The lowest BCUT2D eigenvalue weighted by Crippen LogP contribution is -2.44. The molecule has 172 valence electrons. The van der Waals surface area contributed by atoms with Gasteiger partial charge < -0.3 is 0 Å². The Bertz CT molecular complexity index is 1440. The van der Waals surface area contributed by atoms with Crippen molar-refractivity contribution in [3.63, 3.8) is 0 Å². The van der Waals surface area contributed by atoms with Crippen molar-refractivity contribution in [2.45, 2.75) is 0 Å². The van der Waals surface area contributed by atoms with Crippen molar-refractivity contribution in [1.82, 2.24) is 0 Å². The first-order valence-electron chi connectivity index (χ1n) is 12.2. The quantitative estimate of drug-likeness (QED) is 0.169. The Morgan fingerprint density at radius 1 is 0.333 bits per heavy atom.